The summed E-state index contributed by atoms with van der Waals surface area (Å²) in [6.07, 6.45) is 1.78. The van der Waals surface area contributed by atoms with E-state index in [1.807, 2.05) is 6.92 Å². The van der Waals surface area contributed by atoms with Crippen molar-refractivity contribution in [3.05, 3.63) is 0 Å². The Morgan fingerprint density at radius 3 is 2.67 bits per heavy atom. The van der Waals surface area contributed by atoms with Gasteiger partial charge in [-0.25, -0.2) is 4.79 Å². The zero-order valence-electron chi connectivity index (χ0n) is 7.25. The van der Waals surface area contributed by atoms with Crippen LogP contribution in [0.5, 0.6) is 0 Å². The fourth-order valence-electron chi connectivity index (χ4n) is 0.614. The molecule has 0 aromatic carbocycles. The van der Waals surface area contributed by atoms with Gasteiger partial charge in [0.05, 0.1) is 6.61 Å². The normalized spacial score (nSPS) is 9.42. The largest absolute Gasteiger partial charge is 0.460 e. The van der Waals surface area contributed by atoms with Crippen LogP contribution in [-0.4, -0.2) is 32.1 Å². The predicted molar refractivity (Wildman–Crippen MR) is 42.8 cm³/mol. The monoisotopic (exact) mass is 174 g/mol. The first-order valence-electron chi connectivity index (χ1n) is 4.01. The summed E-state index contributed by atoms with van der Waals surface area (Å²) in [6, 6.07) is 0. The number of carbonyl (C=O) groups is 2. The van der Waals surface area contributed by atoms with Crippen molar-refractivity contribution in [1.82, 2.24) is 0 Å². The molecule has 0 unspecified atom stereocenters. The molecule has 0 amide bonds. The van der Waals surface area contributed by atoms with E-state index in [1.54, 1.807) is 0 Å². The third-order valence-corrected chi connectivity index (χ3v) is 1.12. The van der Waals surface area contributed by atoms with Crippen molar-refractivity contribution in [2.45, 2.75) is 19.8 Å². The highest BCUT2D eigenvalue weighted by Gasteiger charge is 1.97. The summed E-state index contributed by atoms with van der Waals surface area (Å²) in [6.45, 7) is 3.56. The lowest BCUT2D eigenvalue weighted by Crippen LogP contribution is -2.08. The highest BCUT2D eigenvalue weighted by Crippen LogP contribution is 1.86. The van der Waals surface area contributed by atoms with Crippen LogP contribution in [0.3, 0.4) is 0 Å². The summed E-state index contributed by atoms with van der Waals surface area (Å²) in [5.41, 5.74) is 0. The summed E-state index contributed by atoms with van der Waals surface area (Å²) < 4.78 is 9.60. The van der Waals surface area contributed by atoms with Gasteiger partial charge in [-0.05, 0) is 6.42 Å². The predicted octanol–water partition coefficient (Wildman–Crippen LogP) is 0.545. The molecular formula is C8H14O4. The van der Waals surface area contributed by atoms with Crippen molar-refractivity contribution in [2.75, 3.05) is 19.8 Å². The molecule has 0 spiro atoms. The highest BCUT2D eigenvalue weighted by molar-refractivity contribution is 6.20. The lowest BCUT2D eigenvalue weighted by atomic mass is 10.5. The van der Waals surface area contributed by atoms with Gasteiger partial charge in [-0.1, -0.05) is 6.92 Å². The molecule has 0 aliphatic carbocycles. The first-order chi connectivity index (χ1) is 5.81. The van der Waals surface area contributed by atoms with Crippen LogP contribution in [0.15, 0.2) is 0 Å². The standard InChI is InChI=1S/C8H14O4/c1-2-4-11-5-3-6-12-8(10)7-9/h7H,2-6H2,1H3. The van der Waals surface area contributed by atoms with Crippen LogP contribution in [0.4, 0.5) is 0 Å². The van der Waals surface area contributed by atoms with Crippen LogP contribution in [0.1, 0.15) is 19.8 Å². The molecule has 0 radical (unpaired) electrons. The van der Waals surface area contributed by atoms with Gasteiger partial charge in [0.2, 0.25) is 6.29 Å². The molecule has 0 bridgehead atoms. The molecule has 0 atom stereocenters. The van der Waals surface area contributed by atoms with Gasteiger partial charge in [-0.15, -0.1) is 0 Å². The van der Waals surface area contributed by atoms with Gasteiger partial charge in [-0.2, -0.15) is 0 Å². The fraction of sp³-hybridized carbons (Fsp3) is 0.750. The molecular weight excluding hydrogens is 160 g/mol. The molecule has 0 saturated heterocycles. The van der Waals surface area contributed by atoms with Crippen molar-refractivity contribution in [3.63, 3.8) is 0 Å². The molecule has 0 heterocycles. The van der Waals surface area contributed by atoms with Gasteiger partial charge < -0.3 is 9.47 Å². The molecule has 0 aromatic heterocycles. The summed E-state index contributed by atoms with van der Waals surface area (Å²) in [5, 5.41) is 0. The second-order valence-electron chi connectivity index (χ2n) is 2.25. The smallest absolute Gasteiger partial charge is 0.371 e. The maximum absolute atomic E-state index is 10.3. The van der Waals surface area contributed by atoms with Gasteiger partial charge in [0, 0.05) is 19.6 Å². The van der Waals surface area contributed by atoms with Crippen molar-refractivity contribution in [2.24, 2.45) is 0 Å². The molecule has 0 fully saturated rings. The number of rotatable bonds is 7. The number of carbonyl (C=O) groups excluding carboxylic acids is 2. The Hall–Kier alpha value is -0.900. The minimum atomic E-state index is -0.814. The highest BCUT2D eigenvalue weighted by atomic mass is 16.5. The van der Waals surface area contributed by atoms with Crippen molar-refractivity contribution in [3.8, 4) is 0 Å². The number of aldehydes is 1. The van der Waals surface area contributed by atoms with Crippen LogP contribution in [0.2, 0.25) is 0 Å². The Labute approximate surface area is 71.8 Å². The molecule has 0 aromatic rings. The van der Waals surface area contributed by atoms with Gasteiger partial charge in [0.15, 0.2) is 0 Å². The lowest BCUT2D eigenvalue weighted by molar-refractivity contribution is -0.148. The molecule has 0 N–H and O–H groups in total. The molecule has 4 nitrogen and oxygen atoms in total. The van der Waals surface area contributed by atoms with Gasteiger partial charge in [-0.3, -0.25) is 4.79 Å². The van der Waals surface area contributed by atoms with Crippen LogP contribution in [-0.2, 0) is 19.1 Å². The van der Waals surface area contributed by atoms with E-state index in [2.05, 4.69) is 4.74 Å². The molecule has 12 heavy (non-hydrogen) atoms. The Kier molecular flexibility index (Phi) is 7.58. The van der Waals surface area contributed by atoms with E-state index < -0.39 is 5.97 Å². The second-order valence-corrected chi connectivity index (χ2v) is 2.25. The third-order valence-electron chi connectivity index (χ3n) is 1.12. The number of ether oxygens (including phenoxy) is 2. The Bertz CT molecular complexity index is 133. The minimum Gasteiger partial charge on any atom is -0.460 e. The van der Waals surface area contributed by atoms with Gasteiger partial charge in [0.1, 0.15) is 0 Å². The zero-order valence-corrected chi connectivity index (χ0v) is 7.25. The molecule has 0 rings (SSSR count). The van der Waals surface area contributed by atoms with Gasteiger partial charge >= 0.3 is 5.97 Å². The number of hydrogen-bond donors (Lipinski definition) is 0. The molecule has 0 aliphatic rings. The summed E-state index contributed by atoms with van der Waals surface area (Å²) in [7, 11) is 0. The van der Waals surface area contributed by atoms with E-state index >= 15 is 0 Å². The number of hydrogen-bond acceptors (Lipinski definition) is 4. The van der Waals surface area contributed by atoms with E-state index in [-0.39, 0.29) is 12.9 Å². The average Bonchev–Trinajstić information content (AvgIpc) is 2.10. The Balaban J connectivity index is 3.00. The van der Waals surface area contributed by atoms with Crippen molar-refractivity contribution in [1.29, 1.82) is 0 Å². The van der Waals surface area contributed by atoms with E-state index in [4.69, 9.17) is 4.74 Å². The van der Waals surface area contributed by atoms with Crippen LogP contribution in [0.25, 0.3) is 0 Å². The lowest BCUT2D eigenvalue weighted by Gasteiger charge is -2.01. The zero-order chi connectivity index (χ0) is 9.23. The maximum atomic E-state index is 10.3. The average molecular weight is 174 g/mol. The van der Waals surface area contributed by atoms with Gasteiger partial charge in [0.25, 0.3) is 0 Å². The fourth-order valence-corrected chi connectivity index (χ4v) is 0.614. The Morgan fingerprint density at radius 1 is 1.33 bits per heavy atom. The van der Waals surface area contributed by atoms with E-state index in [0.717, 1.165) is 13.0 Å². The quantitative estimate of drug-likeness (QED) is 0.245. The van der Waals surface area contributed by atoms with Crippen LogP contribution < -0.4 is 0 Å². The minimum absolute atomic E-state index is 0.160. The molecule has 4 heteroatoms. The SMILES string of the molecule is CCCOCCCOC(=O)C=O. The number of esters is 1. The Morgan fingerprint density at radius 2 is 2.08 bits per heavy atom. The molecule has 0 saturated carbocycles. The molecule has 0 aliphatic heterocycles. The molecule has 70 valence electrons. The van der Waals surface area contributed by atoms with Crippen molar-refractivity contribution >= 4 is 12.3 Å². The third kappa shape index (κ3) is 7.21. The summed E-state index contributed by atoms with van der Waals surface area (Å²) >= 11 is 0. The van der Waals surface area contributed by atoms with E-state index in [1.165, 1.54) is 0 Å². The van der Waals surface area contributed by atoms with E-state index in [0.29, 0.717) is 13.0 Å². The van der Waals surface area contributed by atoms with Crippen molar-refractivity contribution < 1.29 is 19.1 Å². The summed E-state index contributed by atoms with van der Waals surface area (Å²) in [5.74, 6) is -0.814. The maximum Gasteiger partial charge on any atom is 0.371 e. The first kappa shape index (κ1) is 11.1. The summed E-state index contributed by atoms with van der Waals surface area (Å²) in [4.78, 5) is 20.0. The second kappa shape index (κ2) is 8.20. The topological polar surface area (TPSA) is 52.6 Å². The van der Waals surface area contributed by atoms with E-state index in [9.17, 15) is 9.59 Å². The van der Waals surface area contributed by atoms with Crippen LogP contribution >= 0.6 is 0 Å². The first-order valence-corrected chi connectivity index (χ1v) is 4.01. The van der Waals surface area contributed by atoms with Crippen LogP contribution in [0, 0.1) is 0 Å².